The minimum Gasteiger partial charge on any atom is -0.321 e. The fourth-order valence-corrected chi connectivity index (χ4v) is 2.98. The van der Waals surface area contributed by atoms with Crippen LogP contribution >= 0.6 is 11.3 Å². The molecule has 2 rings (SSSR count). The highest BCUT2D eigenvalue weighted by Gasteiger charge is 2.30. The second-order valence-electron chi connectivity index (χ2n) is 4.67. The van der Waals surface area contributed by atoms with Gasteiger partial charge in [0, 0.05) is 4.88 Å². The average molecular weight is 207 g/mol. The van der Waals surface area contributed by atoms with Crippen LogP contribution in [0.1, 0.15) is 37.6 Å². The summed E-state index contributed by atoms with van der Waals surface area (Å²) in [6.07, 6.45) is 3.31. The first kappa shape index (κ1) is 9.94. The highest BCUT2D eigenvalue weighted by Crippen LogP contribution is 2.40. The molecule has 1 heterocycles. The van der Waals surface area contributed by atoms with Crippen molar-refractivity contribution >= 4 is 17.4 Å². The Kier molecular flexibility index (Phi) is 2.28. The maximum absolute atomic E-state index is 6.33. The highest BCUT2D eigenvalue weighted by atomic mass is 32.1. The predicted molar refractivity (Wildman–Crippen MR) is 63.3 cm³/mol. The lowest BCUT2D eigenvalue weighted by Gasteiger charge is -2.31. The standard InChI is InChI=1S/C12H17NS/c1-8(2)10-6-9-4-5-14-11(9)12(3,13)7-10/h4-6,8H,7,13H2,1-3H3. The zero-order valence-electron chi connectivity index (χ0n) is 9.00. The predicted octanol–water partition coefficient (Wildman–Crippen LogP) is 3.37. The van der Waals surface area contributed by atoms with Crippen molar-refractivity contribution < 1.29 is 0 Å². The molecule has 2 heteroatoms. The molecule has 0 saturated heterocycles. The molecule has 0 fully saturated rings. The van der Waals surface area contributed by atoms with Crippen LogP contribution in [0.25, 0.3) is 6.08 Å². The summed E-state index contributed by atoms with van der Waals surface area (Å²) in [4.78, 5) is 1.34. The van der Waals surface area contributed by atoms with Crippen molar-refractivity contribution in [1.82, 2.24) is 0 Å². The van der Waals surface area contributed by atoms with Crippen molar-refractivity contribution in [2.45, 2.75) is 32.7 Å². The van der Waals surface area contributed by atoms with E-state index >= 15 is 0 Å². The van der Waals surface area contributed by atoms with E-state index in [4.69, 9.17) is 5.73 Å². The first-order chi connectivity index (χ1) is 6.50. The van der Waals surface area contributed by atoms with Gasteiger partial charge in [0.05, 0.1) is 5.54 Å². The van der Waals surface area contributed by atoms with E-state index in [2.05, 4.69) is 38.3 Å². The van der Waals surface area contributed by atoms with E-state index in [1.165, 1.54) is 16.0 Å². The van der Waals surface area contributed by atoms with E-state index in [0.29, 0.717) is 5.92 Å². The molecule has 0 aliphatic heterocycles. The smallest absolute Gasteiger partial charge is 0.0518 e. The maximum atomic E-state index is 6.33. The molecule has 1 aromatic rings. The number of nitrogens with two attached hydrogens (primary N) is 1. The quantitative estimate of drug-likeness (QED) is 0.750. The summed E-state index contributed by atoms with van der Waals surface area (Å²) < 4.78 is 0. The Balaban J connectivity index is 2.49. The largest absolute Gasteiger partial charge is 0.321 e. The fraction of sp³-hybridized carbons (Fsp3) is 0.500. The lowest BCUT2D eigenvalue weighted by Crippen LogP contribution is -2.35. The first-order valence-electron chi connectivity index (χ1n) is 5.08. The number of thiophene rings is 1. The summed E-state index contributed by atoms with van der Waals surface area (Å²) in [7, 11) is 0. The van der Waals surface area contributed by atoms with Gasteiger partial charge < -0.3 is 5.73 Å². The van der Waals surface area contributed by atoms with Crippen LogP contribution in [-0.4, -0.2) is 0 Å². The Morgan fingerprint density at radius 3 is 2.86 bits per heavy atom. The molecule has 1 unspecified atom stereocenters. The van der Waals surface area contributed by atoms with Gasteiger partial charge in [0.1, 0.15) is 0 Å². The molecule has 0 amide bonds. The molecule has 0 spiro atoms. The van der Waals surface area contributed by atoms with Crippen LogP contribution in [0.2, 0.25) is 0 Å². The third-order valence-electron chi connectivity index (χ3n) is 2.87. The molecular formula is C12H17NS. The molecule has 0 saturated carbocycles. The molecule has 0 radical (unpaired) electrons. The van der Waals surface area contributed by atoms with E-state index in [-0.39, 0.29) is 5.54 Å². The average Bonchev–Trinajstić information content (AvgIpc) is 2.51. The van der Waals surface area contributed by atoms with E-state index in [0.717, 1.165) is 6.42 Å². The van der Waals surface area contributed by atoms with E-state index < -0.39 is 0 Å². The topological polar surface area (TPSA) is 26.0 Å². The van der Waals surface area contributed by atoms with Crippen LogP contribution in [-0.2, 0) is 5.54 Å². The molecule has 0 bridgehead atoms. The first-order valence-corrected chi connectivity index (χ1v) is 5.96. The van der Waals surface area contributed by atoms with Gasteiger partial charge in [-0.25, -0.2) is 0 Å². The van der Waals surface area contributed by atoms with Crippen molar-refractivity contribution in [3.8, 4) is 0 Å². The summed E-state index contributed by atoms with van der Waals surface area (Å²) in [6.45, 7) is 6.61. The van der Waals surface area contributed by atoms with Crippen LogP contribution in [0.15, 0.2) is 17.0 Å². The van der Waals surface area contributed by atoms with Gasteiger partial charge in [-0.1, -0.05) is 25.5 Å². The molecule has 14 heavy (non-hydrogen) atoms. The van der Waals surface area contributed by atoms with Gasteiger partial charge in [-0.3, -0.25) is 0 Å². The maximum Gasteiger partial charge on any atom is 0.0518 e. The summed E-state index contributed by atoms with van der Waals surface area (Å²) in [5, 5.41) is 2.13. The molecule has 2 N–H and O–H groups in total. The second-order valence-corrected chi connectivity index (χ2v) is 5.59. The fourth-order valence-electron chi connectivity index (χ4n) is 2.02. The molecule has 0 aromatic carbocycles. The third kappa shape index (κ3) is 1.53. The number of hydrogen-bond donors (Lipinski definition) is 1. The molecule has 76 valence electrons. The Labute approximate surface area is 89.6 Å². The molecule has 1 aliphatic rings. The van der Waals surface area contributed by atoms with Crippen LogP contribution in [0.3, 0.4) is 0 Å². The molecule has 1 aliphatic carbocycles. The van der Waals surface area contributed by atoms with Crippen LogP contribution < -0.4 is 5.73 Å². The highest BCUT2D eigenvalue weighted by molar-refractivity contribution is 7.10. The van der Waals surface area contributed by atoms with E-state index in [1.54, 1.807) is 11.3 Å². The molecule has 1 nitrogen and oxygen atoms in total. The monoisotopic (exact) mass is 207 g/mol. The molecule has 1 atom stereocenters. The Hall–Kier alpha value is -0.600. The third-order valence-corrected chi connectivity index (χ3v) is 4.08. The normalized spacial score (nSPS) is 26.2. The summed E-state index contributed by atoms with van der Waals surface area (Å²) >= 11 is 1.78. The zero-order chi connectivity index (χ0) is 10.3. The lowest BCUT2D eigenvalue weighted by atomic mass is 9.81. The van der Waals surface area contributed by atoms with Crippen molar-refractivity contribution in [2.24, 2.45) is 11.7 Å². The van der Waals surface area contributed by atoms with Crippen molar-refractivity contribution in [3.05, 3.63) is 27.5 Å². The molecular weight excluding hydrogens is 190 g/mol. The van der Waals surface area contributed by atoms with E-state index in [1.807, 2.05) is 0 Å². The Morgan fingerprint density at radius 2 is 2.21 bits per heavy atom. The SMILES string of the molecule is CC(C)C1=Cc2ccsc2C(C)(N)C1. The van der Waals surface area contributed by atoms with Gasteiger partial charge in [-0.05, 0) is 36.3 Å². The number of fused-ring (bicyclic) bond motifs is 1. The van der Waals surface area contributed by atoms with E-state index in [9.17, 15) is 0 Å². The van der Waals surface area contributed by atoms with Crippen LogP contribution in [0, 0.1) is 5.92 Å². The number of rotatable bonds is 1. The van der Waals surface area contributed by atoms with Crippen molar-refractivity contribution in [3.63, 3.8) is 0 Å². The van der Waals surface area contributed by atoms with Crippen molar-refractivity contribution in [1.29, 1.82) is 0 Å². The zero-order valence-corrected chi connectivity index (χ0v) is 9.82. The van der Waals surface area contributed by atoms with Gasteiger partial charge >= 0.3 is 0 Å². The summed E-state index contributed by atoms with van der Waals surface area (Å²) in [5.74, 6) is 0.603. The Bertz CT molecular complexity index is 371. The lowest BCUT2D eigenvalue weighted by molar-refractivity contribution is 0.471. The number of hydrogen-bond acceptors (Lipinski definition) is 2. The summed E-state index contributed by atoms with van der Waals surface area (Å²) in [6, 6.07) is 2.17. The minimum atomic E-state index is -0.155. The van der Waals surface area contributed by atoms with Gasteiger partial charge in [0.15, 0.2) is 0 Å². The van der Waals surface area contributed by atoms with Gasteiger partial charge in [-0.15, -0.1) is 11.3 Å². The van der Waals surface area contributed by atoms with Gasteiger partial charge in [-0.2, -0.15) is 0 Å². The summed E-state index contributed by atoms with van der Waals surface area (Å²) in [5.41, 5.74) is 8.98. The van der Waals surface area contributed by atoms with Gasteiger partial charge in [0.2, 0.25) is 0 Å². The minimum absolute atomic E-state index is 0.155. The van der Waals surface area contributed by atoms with Crippen molar-refractivity contribution in [2.75, 3.05) is 0 Å². The van der Waals surface area contributed by atoms with Crippen LogP contribution in [0.5, 0.6) is 0 Å². The second kappa shape index (κ2) is 3.21. The van der Waals surface area contributed by atoms with Gasteiger partial charge in [0.25, 0.3) is 0 Å². The molecule has 1 aromatic heterocycles. The Morgan fingerprint density at radius 1 is 1.50 bits per heavy atom. The van der Waals surface area contributed by atoms with Crippen LogP contribution in [0.4, 0.5) is 0 Å².